The summed E-state index contributed by atoms with van der Waals surface area (Å²) in [6.45, 7) is 4.34. The van der Waals surface area contributed by atoms with Crippen molar-refractivity contribution in [2.45, 2.75) is 25.9 Å². The maximum absolute atomic E-state index is 8.49. The molecule has 0 fully saturated rings. The zero-order chi connectivity index (χ0) is 15.1. The van der Waals surface area contributed by atoms with Crippen LogP contribution in [0, 0.1) is 11.3 Å². The van der Waals surface area contributed by atoms with Crippen molar-refractivity contribution in [1.82, 2.24) is 10.3 Å². The van der Waals surface area contributed by atoms with E-state index in [1.54, 1.807) is 12.4 Å². The van der Waals surface area contributed by atoms with Gasteiger partial charge in [0.2, 0.25) is 0 Å². The molecule has 0 spiro atoms. The Hall–Kier alpha value is -2.38. The summed E-state index contributed by atoms with van der Waals surface area (Å²) in [6, 6.07) is 14.3. The second kappa shape index (κ2) is 7.41. The number of hydrogen-bond donors (Lipinski definition) is 1. The Balaban J connectivity index is 1.97. The smallest absolute Gasteiger partial charge is 0.174 e. The van der Waals surface area contributed by atoms with Gasteiger partial charge in [-0.05, 0) is 49.2 Å². The fourth-order valence-electron chi connectivity index (χ4n) is 2.19. The van der Waals surface area contributed by atoms with Crippen molar-refractivity contribution in [2.75, 3.05) is 6.61 Å². The summed E-state index contributed by atoms with van der Waals surface area (Å²) in [5.74, 6) is 0.717. The Kier molecular flexibility index (Phi) is 5.30. The molecule has 2 atom stereocenters. The first-order chi connectivity index (χ1) is 10.2. The molecule has 1 unspecified atom stereocenters. The molecule has 0 aliphatic heterocycles. The second-order valence-corrected chi connectivity index (χ2v) is 4.91. The summed E-state index contributed by atoms with van der Waals surface area (Å²) < 4.78 is 5.25. The normalized spacial score (nSPS) is 13.2. The van der Waals surface area contributed by atoms with E-state index in [1.807, 2.05) is 42.5 Å². The minimum absolute atomic E-state index is 0.0756. The quantitative estimate of drug-likeness (QED) is 0.881. The number of hydrogen-bond acceptors (Lipinski definition) is 4. The highest BCUT2D eigenvalue weighted by atomic mass is 16.5. The molecule has 4 heteroatoms. The van der Waals surface area contributed by atoms with E-state index in [0.717, 1.165) is 5.75 Å². The molecular weight excluding hydrogens is 262 g/mol. The standard InChI is InChI=1S/C17H19N3O/c1-13(20-14(2)16-7-10-19-11-8-16)15-3-5-17(6-4-15)21-12-9-18/h3-8,10-11,13-14,20H,12H2,1-2H3/t13?,14-/m0/s1. The van der Waals surface area contributed by atoms with E-state index in [9.17, 15) is 0 Å². The third-order valence-electron chi connectivity index (χ3n) is 3.39. The van der Waals surface area contributed by atoms with Gasteiger partial charge >= 0.3 is 0 Å². The van der Waals surface area contributed by atoms with E-state index in [1.165, 1.54) is 11.1 Å². The minimum Gasteiger partial charge on any atom is -0.479 e. The fraction of sp³-hybridized carbons (Fsp3) is 0.294. The van der Waals surface area contributed by atoms with Crippen LogP contribution >= 0.6 is 0 Å². The molecule has 0 saturated heterocycles. The summed E-state index contributed by atoms with van der Waals surface area (Å²) in [7, 11) is 0. The molecule has 0 radical (unpaired) electrons. The lowest BCUT2D eigenvalue weighted by Crippen LogP contribution is -2.22. The summed E-state index contributed by atoms with van der Waals surface area (Å²) in [5, 5.41) is 12.0. The lowest BCUT2D eigenvalue weighted by Gasteiger charge is -2.20. The largest absolute Gasteiger partial charge is 0.479 e. The first-order valence-corrected chi connectivity index (χ1v) is 6.96. The molecular formula is C17H19N3O. The third kappa shape index (κ3) is 4.30. The van der Waals surface area contributed by atoms with E-state index < -0.39 is 0 Å². The molecule has 0 saturated carbocycles. The van der Waals surface area contributed by atoms with Gasteiger partial charge in [-0.15, -0.1) is 0 Å². The predicted molar refractivity (Wildman–Crippen MR) is 81.8 cm³/mol. The van der Waals surface area contributed by atoms with Crippen molar-refractivity contribution in [2.24, 2.45) is 0 Å². The van der Waals surface area contributed by atoms with Gasteiger partial charge in [-0.3, -0.25) is 4.98 Å². The average Bonchev–Trinajstić information content (AvgIpc) is 2.54. The number of nitrogens with one attached hydrogen (secondary N) is 1. The lowest BCUT2D eigenvalue weighted by molar-refractivity contribution is 0.368. The number of nitriles is 1. The minimum atomic E-state index is 0.0756. The SMILES string of the molecule is CC(N[C@@H](C)c1ccncc1)c1ccc(OCC#N)cc1. The van der Waals surface area contributed by atoms with Gasteiger partial charge in [-0.1, -0.05) is 12.1 Å². The van der Waals surface area contributed by atoms with Gasteiger partial charge in [0.05, 0.1) is 0 Å². The number of benzene rings is 1. The Morgan fingerprint density at radius 1 is 1.05 bits per heavy atom. The Labute approximate surface area is 125 Å². The monoisotopic (exact) mass is 281 g/mol. The molecule has 1 aromatic carbocycles. The molecule has 108 valence electrons. The van der Waals surface area contributed by atoms with Crippen LogP contribution in [0.3, 0.4) is 0 Å². The van der Waals surface area contributed by atoms with Crippen LogP contribution in [0.1, 0.15) is 37.1 Å². The molecule has 4 nitrogen and oxygen atoms in total. The van der Waals surface area contributed by atoms with Crippen molar-refractivity contribution in [3.63, 3.8) is 0 Å². The van der Waals surface area contributed by atoms with Gasteiger partial charge in [0, 0.05) is 24.5 Å². The molecule has 1 aromatic heterocycles. The van der Waals surface area contributed by atoms with Crippen molar-refractivity contribution >= 4 is 0 Å². The van der Waals surface area contributed by atoms with E-state index in [0.29, 0.717) is 0 Å². The molecule has 1 N–H and O–H groups in total. The van der Waals surface area contributed by atoms with Crippen LogP contribution in [0.5, 0.6) is 5.75 Å². The van der Waals surface area contributed by atoms with E-state index >= 15 is 0 Å². The molecule has 2 rings (SSSR count). The summed E-state index contributed by atoms with van der Waals surface area (Å²) in [5.41, 5.74) is 2.39. The van der Waals surface area contributed by atoms with Crippen molar-refractivity contribution < 1.29 is 4.74 Å². The summed E-state index contributed by atoms with van der Waals surface area (Å²) in [4.78, 5) is 4.03. The van der Waals surface area contributed by atoms with Gasteiger partial charge in [0.25, 0.3) is 0 Å². The first-order valence-electron chi connectivity index (χ1n) is 6.96. The highest BCUT2D eigenvalue weighted by Crippen LogP contribution is 2.21. The number of ether oxygens (including phenoxy) is 1. The predicted octanol–water partition coefficient (Wildman–Crippen LogP) is 3.40. The van der Waals surface area contributed by atoms with Crippen LogP contribution < -0.4 is 10.1 Å². The van der Waals surface area contributed by atoms with E-state index in [-0.39, 0.29) is 18.7 Å². The summed E-state index contributed by atoms with van der Waals surface area (Å²) >= 11 is 0. The van der Waals surface area contributed by atoms with E-state index in [4.69, 9.17) is 10.00 Å². The molecule has 1 heterocycles. The van der Waals surface area contributed by atoms with Gasteiger partial charge in [-0.2, -0.15) is 5.26 Å². The maximum Gasteiger partial charge on any atom is 0.174 e. The summed E-state index contributed by atoms with van der Waals surface area (Å²) in [6.07, 6.45) is 3.61. The fourth-order valence-corrected chi connectivity index (χ4v) is 2.19. The Morgan fingerprint density at radius 3 is 2.19 bits per heavy atom. The number of nitrogens with zero attached hydrogens (tertiary/aromatic N) is 2. The molecule has 0 aliphatic rings. The molecule has 2 aromatic rings. The van der Waals surface area contributed by atoms with Crippen LogP contribution in [-0.4, -0.2) is 11.6 Å². The first kappa shape index (κ1) is 15.0. The average molecular weight is 281 g/mol. The Morgan fingerprint density at radius 2 is 1.62 bits per heavy atom. The van der Waals surface area contributed by atoms with Gasteiger partial charge in [0.15, 0.2) is 6.61 Å². The van der Waals surface area contributed by atoms with Crippen LogP contribution in [-0.2, 0) is 0 Å². The molecule has 0 amide bonds. The van der Waals surface area contributed by atoms with Crippen molar-refractivity contribution in [3.8, 4) is 11.8 Å². The van der Waals surface area contributed by atoms with E-state index in [2.05, 4.69) is 24.1 Å². The third-order valence-corrected chi connectivity index (χ3v) is 3.39. The van der Waals surface area contributed by atoms with Gasteiger partial charge in [0.1, 0.15) is 11.8 Å². The number of pyridine rings is 1. The highest BCUT2D eigenvalue weighted by molar-refractivity contribution is 5.29. The maximum atomic E-state index is 8.49. The zero-order valence-electron chi connectivity index (χ0n) is 12.3. The van der Waals surface area contributed by atoms with Crippen molar-refractivity contribution in [1.29, 1.82) is 5.26 Å². The Bertz CT molecular complexity index is 590. The molecule has 0 aliphatic carbocycles. The topological polar surface area (TPSA) is 57.9 Å². The lowest BCUT2D eigenvalue weighted by atomic mass is 10.0. The van der Waals surface area contributed by atoms with Gasteiger partial charge in [-0.25, -0.2) is 0 Å². The number of rotatable bonds is 6. The molecule has 21 heavy (non-hydrogen) atoms. The zero-order valence-corrected chi connectivity index (χ0v) is 12.3. The van der Waals surface area contributed by atoms with Crippen LogP contribution in [0.25, 0.3) is 0 Å². The van der Waals surface area contributed by atoms with Crippen LogP contribution in [0.4, 0.5) is 0 Å². The van der Waals surface area contributed by atoms with Gasteiger partial charge < -0.3 is 10.1 Å². The van der Waals surface area contributed by atoms with Crippen LogP contribution in [0.15, 0.2) is 48.8 Å². The highest BCUT2D eigenvalue weighted by Gasteiger charge is 2.11. The molecule has 0 bridgehead atoms. The van der Waals surface area contributed by atoms with Crippen LogP contribution in [0.2, 0.25) is 0 Å². The second-order valence-electron chi connectivity index (χ2n) is 4.91. The van der Waals surface area contributed by atoms with Crippen molar-refractivity contribution in [3.05, 3.63) is 59.9 Å². The number of aromatic nitrogens is 1.